The van der Waals surface area contributed by atoms with E-state index in [-0.39, 0.29) is 11.5 Å². The van der Waals surface area contributed by atoms with Crippen LogP contribution in [0, 0.1) is 5.82 Å². The smallest absolute Gasteiger partial charge is 0.358 e. The van der Waals surface area contributed by atoms with E-state index >= 15 is 0 Å². The van der Waals surface area contributed by atoms with Crippen LogP contribution in [0.4, 0.5) is 4.39 Å². The summed E-state index contributed by atoms with van der Waals surface area (Å²) in [6.07, 6.45) is 1.78. The van der Waals surface area contributed by atoms with Crippen LogP contribution in [0.3, 0.4) is 0 Å². The van der Waals surface area contributed by atoms with Crippen LogP contribution >= 0.6 is 0 Å². The summed E-state index contributed by atoms with van der Waals surface area (Å²) >= 11 is 0. The molecule has 0 saturated carbocycles. The van der Waals surface area contributed by atoms with Crippen LogP contribution in [0.25, 0.3) is 10.9 Å². The van der Waals surface area contributed by atoms with Crippen molar-refractivity contribution in [3.8, 4) is 0 Å². The zero-order valence-corrected chi connectivity index (χ0v) is 9.71. The van der Waals surface area contributed by atoms with Crippen LogP contribution in [0.15, 0.2) is 41.1 Å². The highest BCUT2D eigenvalue weighted by atomic mass is 19.1. The molecular formula is C13H9FN2O3. The van der Waals surface area contributed by atoms with Crippen molar-refractivity contribution < 1.29 is 18.8 Å². The normalized spacial score (nSPS) is 11.0. The molecule has 19 heavy (non-hydrogen) atoms. The van der Waals surface area contributed by atoms with Gasteiger partial charge in [0.2, 0.25) is 0 Å². The molecule has 0 aliphatic carbocycles. The molecule has 0 spiro atoms. The maximum Gasteiger partial charge on any atom is 0.358 e. The Morgan fingerprint density at radius 2 is 2.21 bits per heavy atom. The van der Waals surface area contributed by atoms with E-state index in [1.54, 1.807) is 16.8 Å². The number of fused-ring (bicyclic) bond motifs is 1. The Morgan fingerprint density at radius 1 is 1.37 bits per heavy atom. The van der Waals surface area contributed by atoms with Crippen LogP contribution in [0.1, 0.15) is 16.2 Å². The second kappa shape index (κ2) is 4.24. The van der Waals surface area contributed by atoms with Crippen LogP contribution in [-0.4, -0.2) is 20.8 Å². The molecule has 5 nitrogen and oxygen atoms in total. The lowest BCUT2D eigenvalue weighted by Gasteiger charge is -2.01. The first kappa shape index (κ1) is 11.5. The molecular weight excluding hydrogens is 251 g/mol. The molecule has 3 rings (SSSR count). The van der Waals surface area contributed by atoms with Gasteiger partial charge >= 0.3 is 5.97 Å². The summed E-state index contributed by atoms with van der Waals surface area (Å²) < 4.78 is 19.9. The molecule has 2 heterocycles. The number of carboxylic acid groups (broad SMARTS) is 1. The topological polar surface area (TPSA) is 68.3 Å². The van der Waals surface area contributed by atoms with Gasteiger partial charge in [0.1, 0.15) is 5.82 Å². The van der Waals surface area contributed by atoms with E-state index in [9.17, 15) is 9.18 Å². The first-order valence-corrected chi connectivity index (χ1v) is 5.57. The van der Waals surface area contributed by atoms with Gasteiger partial charge in [0.15, 0.2) is 11.5 Å². The third-order valence-corrected chi connectivity index (χ3v) is 2.84. The second-order valence-corrected chi connectivity index (χ2v) is 4.13. The Balaban J connectivity index is 1.96. The predicted octanol–water partition coefficient (Wildman–Crippen LogP) is 2.51. The SMILES string of the molecule is O=C(O)c1cc(Cn2ccc3ccc(F)cc32)on1. The first-order valence-electron chi connectivity index (χ1n) is 5.57. The summed E-state index contributed by atoms with van der Waals surface area (Å²) in [7, 11) is 0. The summed E-state index contributed by atoms with van der Waals surface area (Å²) in [6, 6.07) is 7.70. The minimum Gasteiger partial charge on any atom is -0.476 e. The number of aromatic carboxylic acids is 1. The van der Waals surface area contributed by atoms with Gasteiger partial charge in [0, 0.05) is 12.3 Å². The van der Waals surface area contributed by atoms with E-state index in [2.05, 4.69) is 5.16 Å². The van der Waals surface area contributed by atoms with Gasteiger partial charge in [-0.15, -0.1) is 0 Å². The molecule has 0 aliphatic rings. The lowest BCUT2D eigenvalue weighted by atomic mass is 10.2. The monoisotopic (exact) mass is 260 g/mol. The molecule has 0 amide bonds. The van der Waals surface area contributed by atoms with Gasteiger partial charge in [-0.05, 0) is 29.7 Å². The highest BCUT2D eigenvalue weighted by Gasteiger charge is 2.12. The molecule has 1 aromatic carbocycles. The number of rotatable bonds is 3. The molecule has 0 saturated heterocycles. The summed E-state index contributed by atoms with van der Waals surface area (Å²) in [4.78, 5) is 10.7. The van der Waals surface area contributed by atoms with E-state index in [0.717, 1.165) is 5.39 Å². The third-order valence-electron chi connectivity index (χ3n) is 2.84. The summed E-state index contributed by atoms with van der Waals surface area (Å²) in [5.41, 5.74) is 0.575. The Labute approximate surface area is 106 Å². The minimum absolute atomic E-state index is 0.141. The maximum absolute atomic E-state index is 13.2. The molecule has 1 N–H and O–H groups in total. The Morgan fingerprint density at radius 3 is 2.95 bits per heavy atom. The average Bonchev–Trinajstić information content (AvgIpc) is 2.98. The summed E-state index contributed by atoms with van der Waals surface area (Å²) in [5.74, 6) is -1.06. The molecule has 96 valence electrons. The van der Waals surface area contributed by atoms with Crippen LogP contribution in [0.2, 0.25) is 0 Å². The van der Waals surface area contributed by atoms with Gasteiger partial charge in [-0.3, -0.25) is 0 Å². The molecule has 3 aromatic rings. The van der Waals surface area contributed by atoms with Crippen molar-refractivity contribution in [3.63, 3.8) is 0 Å². The zero-order chi connectivity index (χ0) is 13.4. The standard InChI is InChI=1S/C13H9FN2O3/c14-9-2-1-8-3-4-16(12(8)5-9)7-10-6-11(13(17)18)15-19-10/h1-6H,7H2,(H,17,18). The minimum atomic E-state index is -1.14. The Kier molecular flexibility index (Phi) is 2.56. The largest absolute Gasteiger partial charge is 0.476 e. The molecule has 0 unspecified atom stereocenters. The Bertz CT molecular complexity index is 760. The number of aromatic nitrogens is 2. The van der Waals surface area contributed by atoms with Gasteiger partial charge in [-0.2, -0.15) is 0 Å². The number of hydrogen-bond donors (Lipinski definition) is 1. The van der Waals surface area contributed by atoms with Gasteiger partial charge in [-0.25, -0.2) is 9.18 Å². The van der Waals surface area contributed by atoms with Crippen molar-refractivity contribution in [1.82, 2.24) is 9.72 Å². The molecule has 0 atom stereocenters. The van der Waals surface area contributed by atoms with E-state index in [1.807, 2.05) is 6.07 Å². The molecule has 2 aromatic heterocycles. The Hall–Kier alpha value is -2.63. The first-order chi connectivity index (χ1) is 9.13. The fourth-order valence-electron chi connectivity index (χ4n) is 1.95. The van der Waals surface area contributed by atoms with Gasteiger partial charge in [0.25, 0.3) is 0 Å². The van der Waals surface area contributed by atoms with Crippen LogP contribution in [-0.2, 0) is 6.54 Å². The quantitative estimate of drug-likeness (QED) is 0.785. The van der Waals surface area contributed by atoms with Crippen molar-refractivity contribution >= 4 is 16.9 Å². The summed E-state index contributed by atoms with van der Waals surface area (Å²) in [5, 5.41) is 13.1. The van der Waals surface area contributed by atoms with Gasteiger partial charge in [0.05, 0.1) is 12.1 Å². The fraction of sp³-hybridized carbons (Fsp3) is 0.0769. The number of halogens is 1. The van der Waals surface area contributed by atoms with E-state index < -0.39 is 5.97 Å². The van der Waals surface area contributed by atoms with E-state index in [1.165, 1.54) is 18.2 Å². The third kappa shape index (κ3) is 2.08. The number of hydrogen-bond acceptors (Lipinski definition) is 3. The zero-order valence-electron chi connectivity index (χ0n) is 9.71. The number of benzene rings is 1. The van der Waals surface area contributed by atoms with Crippen LogP contribution < -0.4 is 0 Å². The number of carbonyl (C=O) groups is 1. The van der Waals surface area contributed by atoms with Crippen molar-refractivity contribution in [1.29, 1.82) is 0 Å². The van der Waals surface area contributed by atoms with Gasteiger partial charge in [-0.1, -0.05) is 5.16 Å². The maximum atomic E-state index is 13.2. The number of carboxylic acids is 1. The fourth-order valence-corrected chi connectivity index (χ4v) is 1.95. The van der Waals surface area contributed by atoms with Crippen molar-refractivity contribution in [2.45, 2.75) is 6.54 Å². The van der Waals surface area contributed by atoms with Crippen molar-refractivity contribution in [3.05, 3.63) is 53.8 Å². The lowest BCUT2D eigenvalue weighted by Crippen LogP contribution is -1.97. The lowest BCUT2D eigenvalue weighted by molar-refractivity contribution is 0.0685. The average molecular weight is 260 g/mol. The summed E-state index contributed by atoms with van der Waals surface area (Å²) in [6.45, 7) is 0.299. The molecule has 0 radical (unpaired) electrons. The van der Waals surface area contributed by atoms with Crippen LogP contribution in [0.5, 0.6) is 0 Å². The second-order valence-electron chi connectivity index (χ2n) is 4.13. The highest BCUT2D eigenvalue weighted by molar-refractivity contribution is 5.85. The predicted molar refractivity (Wildman–Crippen MR) is 64.5 cm³/mol. The molecule has 0 bridgehead atoms. The van der Waals surface area contributed by atoms with Crippen molar-refractivity contribution in [2.75, 3.05) is 0 Å². The highest BCUT2D eigenvalue weighted by Crippen LogP contribution is 2.18. The van der Waals surface area contributed by atoms with Gasteiger partial charge < -0.3 is 14.2 Å². The molecule has 0 aliphatic heterocycles. The van der Waals surface area contributed by atoms with E-state index in [0.29, 0.717) is 17.8 Å². The molecule has 6 heteroatoms. The van der Waals surface area contributed by atoms with E-state index in [4.69, 9.17) is 9.63 Å². The van der Waals surface area contributed by atoms with Crippen molar-refractivity contribution in [2.24, 2.45) is 0 Å². The number of nitrogens with zero attached hydrogens (tertiary/aromatic N) is 2. The molecule has 0 fully saturated rings.